The molecule has 2 rings (SSSR count). The third kappa shape index (κ3) is 5.09. The van der Waals surface area contributed by atoms with E-state index in [1.807, 2.05) is 6.92 Å². The summed E-state index contributed by atoms with van der Waals surface area (Å²) < 4.78 is 5.50. The van der Waals surface area contributed by atoms with E-state index in [1.165, 1.54) is 12.8 Å². The Morgan fingerprint density at radius 2 is 2.04 bits per heavy atom. The molecule has 2 fully saturated rings. The SMILES string of the molecule is CCOCCC1(CNC(=O)N2CCCC(C(=O)O)C2)CCCC1. The summed E-state index contributed by atoms with van der Waals surface area (Å²) in [5, 5.41) is 12.2. The molecule has 2 N–H and O–H groups in total. The molecule has 0 radical (unpaired) electrons. The van der Waals surface area contributed by atoms with Crippen molar-refractivity contribution in [2.75, 3.05) is 32.8 Å². The largest absolute Gasteiger partial charge is 0.481 e. The van der Waals surface area contributed by atoms with Crippen LogP contribution in [0.2, 0.25) is 0 Å². The second-order valence-electron chi connectivity index (χ2n) is 6.94. The highest BCUT2D eigenvalue weighted by atomic mass is 16.5. The molecule has 0 bridgehead atoms. The highest BCUT2D eigenvalue weighted by Gasteiger charge is 2.35. The zero-order chi connectivity index (χ0) is 16.7. The summed E-state index contributed by atoms with van der Waals surface area (Å²) in [6.07, 6.45) is 7.12. The molecule has 1 heterocycles. The fourth-order valence-corrected chi connectivity index (χ4v) is 3.81. The first-order valence-electron chi connectivity index (χ1n) is 8.90. The van der Waals surface area contributed by atoms with Gasteiger partial charge in [0.2, 0.25) is 0 Å². The topological polar surface area (TPSA) is 78.9 Å². The van der Waals surface area contributed by atoms with Crippen molar-refractivity contribution in [1.82, 2.24) is 10.2 Å². The minimum absolute atomic E-state index is 0.112. The molecule has 1 saturated carbocycles. The number of nitrogens with zero attached hydrogens (tertiary/aromatic N) is 1. The van der Waals surface area contributed by atoms with Gasteiger partial charge < -0.3 is 20.1 Å². The van der Waals surface area contributed by atoms with Crippen LogP contribution in [-0.2, 0) is 9.53 Å². The van der Waals surface area contributed by atoms with Crippen molar-refractivity contribution in [3.63, 3.8) is 0 Å². The van der Waals surface area contributed by atoms with Gasteiger partial charge in [0, 0.05) is 32.8 Å². The predicted octanol–water partition coefficient (Wildman–Crippen LogP) is 2.48. The Kier molecular flexibility index (Phi) is 6.69. The molecule has 0 aromatic rings. The normalized spacial score (nSPS) is 23.7. The average molecular weight is 326 g/mol. The van der Waals surface area contributed by atoms with E-state index < -0.39 is 11.9 Å². The number of aliphatic carboxylic acids is 1. The second kappa shape index (κ2) is 8.52. The van der Waals surface area contributed by atoms with Crippen LogP contribution in [0.4, 0.5) is 4.79 Å². The molecule has 1 aliphatic heterocycles. The Bertz CT molecular complexity index is 407. The molecule has 23 heavy (non-hydrogen) atoms. The lowest BCUT2D eigenvalue weighted by Gasteiger charge is -2.34. The zero-order valence-electron chi connectivity index (χ0n) is 14.2. The lowest BCUT2D eigenvalue weighted by Crippen LogP contribution is -2.49. The Morgan fingerprint density at radius 1 is 1.30 bits per heavy atom. The number of ether oxygens (including phenoxy) is 1. The fraction of sp³-hybridized carbons (Fsp3) is 0.882. The Balaban J connectivity index is 1.82. The van der Waals surface area contributed by atoms with Gasteiger partial charge in [0.05, 0.1) is 5.92 Å². The number of piperidine rings is 1. The molecular weight excluding hydrogens is 296 g/mol. The van der Waals surface area contributed by atoms with Crippen LogP contribution in [0, 0.1) is 11.3 Å². The summed E-state index contributed by atoms with van der Waals surface area (Å²) in [6, 6.07) is -0.112. The number of likely N-dealkylation sites (tertiary alicyclic amines) is 1. The Morgan fingerprint density at radius 3 is 2.70 bits per heavy atom. The average Bonchev–Trinajstić information content (AvgIpc) is 3.02. The molecular formula is C17H30N2O4. The van der Waals surface area contributed by atoms with Crippen LogP contribution in [0.1, 0.15) is 51.9 Å². The molecule has 0 aromatic heterocycles. The molecule has 1 aliphatic carbocycles. The number of carbonyl (C=O) groups excluding carboxylic acids is 1. The van der Waals surface area contributed by atoms with E-state index >= 15 is 0 Å². The number of carboxylic acid groups (broad SMARTS) is 1. The molecule has 132 valence electrons. The summed E-state index contributed by atoms with van der Waals surface area (Å²) in [4.78, 5) is 25.2. The molecule has 6 heteroatoms. The van der Waals surface area contributed by atoms with E-state index in [9.17, 15) is 9.59 Å². The highest BCUT2D eigenvalue weighted by molar-refractivity contribution is 5.76. The Hall–Kier alpha value is -1.30. The van der Waals surface area contributed by atoms with Gasteiger partial charge in [0.15, 0.2) is 0 Å². The van der Waals surface area contributed by atoms with Crippen molar-refractivity contribution >= 4 is 12.0 Å². The van der Waals surface area contributed by atoms with E-state index in [0.29, 0.717) is 26.1 Å². The molecule has 2 amide bonds. The summed E-state index contributed by atoms with van der Waals surface area (Å²) in [6.45, 7) is 5.13. The maximum atomic E-state index is 12.4. The Labute approximate surface area is 138 Å². The first kappa shape index (κ1) is 18.0. The van der Waals surface area contributed by atoms with Gasteiger partial charge in [-0.05, 0) is 44.4 Å². The van der Waals surface area contributed by atoms with Crippen LogP contribution in [0.15, 0.2) is 0 Å². The number of hydrogen-bond acceptors (Lipinski definition) is 3. The number of hydrogen-bond donors (Lipinski definition) is 2. The maximum Gasteiger partial charge on any atom is 0.317 e. The van der Waals surface area contributed by atoms with Gasteiger partial charge in [-0.3, -0.25) is 4.79 Å². The van der Waals surface area contributed by atoms with Gasteiger partial charge in [0.1, 0.15) is 0 Å². The number of nitrogens with one attached hydrogen (secondary N) is 1. The van der Waals surface area contributed by atoms with Gasteiger partial charge in [-0.2, -0.15) is 0 Å². The van der Waals surface area contributed by atoms with E-state index in [-0.39, 0.29) is 11.4 Å². The molecule has 0 spiro atoms. The zero-order valence-corrected chi connectivity index (χ0v) is 14.2. The number of amides is 2. The van der Waals surface area contributed by atoms with Crippen LogP contribution in [0.5, 0.6) is 0 Å². The predicted molar refractivity (Wildman–Crippen MR) is 87.3 cm³/mol. The fourth-order valence-electron chi connectivity index (χ4n) is 3.81. The number of carboxylic acids is 1. The molecule has 6 nitrogen and oxygen atoms in total. The first-order chi connectivity index (χ1) is 11.1. The smallest absolute Gasteiger partial charge is 0.317 e. The lowest BCUT2D eigenvalue weighted by atomic mass is 9.83. The first-order valence-corrected chi connectivity index (χ1v) is 8.90. The minimum atomic E-state index is -0.800. The van der Waals surface area contributed by atoms with Crippen molar-refractivity contribution < 1.29 is 19.4 Å². The number of urea groups is 1. The van der Waals surface area contributed by atoms with Crippen molar-refractivity contribution in [3.05, 3.63) is 0 Å². The molecule has 1 unspecified atom stereocenters. The number of carbonyl (C=O) groups is 2. The summed E-state index contributed by atoms with van der Waals surface area (Å²) in [5.74, 6) is -1.22. The molecule has 1 atom stereocenters. The van der Waals surface area contributed by atoms with Crippen LogP contribution >= 0.6 is 0 Å². The molecule has 2 aliphatic rings. The van der Waals surface area contributed by atoms with Gasteiger partial charge in [-0.25, -0.2) is 4.79 Å². The van der Waals surface area contributed by atoms with Gasteiger partial charge in [-0.15, -0.1) is 0 Å². The van der Waals surface area contributed by atoms with Crippen molar-refractivity contribution in [3.8, 4) is 0 Å². The summed E-state index contributed by atoms with van der Waals surface area (Å²) >= 11 is 0. The summed E-state index contributed by atoms with van der Waals surface area (Å²) in [5.41, 5.74) is 0.160. The summed E-state index contributed by atoms with van der Waals surface area (Å²) in [7, 11) is 0. The van der Waals surface area contributed by atoms with Crippen LogP contribution in [0.25, 0.3) is 0 Å². The van der Waals surface area contributed by atoms with Gasteiger partial charge in [0.25, 0.3) is 0 Å². The number of rotatable bonds is 7. The van der Waals surface area contributed by atoms with Crippen LogP contribution < -0.4 is 5.32 Å². The minimum Gasteiger partial charge on any atom is -0.481 e. The van der Waals surface area contributed by atoms with Crippen LogP contribution in [-0.4, -0.2) is 54.9 Å². The van der Waals surface area contributed by atoms with E-state index in [4.69, 9.17) is 9.84 Å². The van der Waals surface area contributed by atoms with Crippen molar-refractivity contribution in [2.45, 2.75) is 51.9 Å². The van der Waals surface area contributed by atoms with E-state index in [2.05, 4.69) is 5.32 Å². The van der Waals surface area contributed by atoms with E-state index in [1.54, 1.807) is 4.90 Å². The van der Waals surface area contributed by atoms with Crippen LogP contribution in [0.3, 0.4) is 0 Å². The molecule has 1 saturated heterocycles. The standard InChI is InChI=1S/C17H30N2O4/c1-2-23-11-9-17(7-3-4-8-17)13-18-16(22)19-10-5-6-14(12-19)15(20)21/h14H,2-13H2,1H3,(H,18,22)(H,20,21). The third-order valence-electron chi connectivity index (χ3n) is 5.32. The quantitative estimate of drug-likeness (QED) is 0.705. The highest BCUT2D eigenvalue weighted by Crippen LogP contribution is 2.40. The monoisotopic (exact) mass is 326 g/mol. The van der Waals surface area contributed by atoms with Crippen molar-refractivity contribution in [1.29, 1.82) is 0 Å². The third-order valence-corrected chi connectivity index (χ3v) is 5.32. The van der Waals surface area contributed by atoms with Crippen molar-refractivity contribution in [2.24, 2.45) is 11.3 Å². The molecule has 0 aromatic carbocycles. The van der Waals surface area contributed by atoms with E-state index in [0.717, 1.165) is 38.9 Å². The second-order valence-corrected chi connectivity index (χ2v) is 6.94. The van der Waals surface area contributed by atoms with Gasteiger partial charge >= 0.3 is 12.0 Å². The lowest BCUT2D eigenvalue weighted by molar-refractivity contribution is -0.143. The maximum absolute atomic E-state index is 12.4. The van der Waals surface area contributed by atoms with Gasteiger partial charge in [-0.1, -0.05) is 12.8 Å².